The summed E-state index contributed by atoms with van der Waals surface area (Å²) >= 11 is 0. The SMILES string of the molecule is C[C@H]1CC2=NN(c3ccccc3)[C@@]34C[C@@H](C)C[C@@](C)(CC(=C23)C1)C4. The number of rotatable bonds is 1. The molecule has 1 aliphatic heterocycles. The number of hydrogen-bond donors (Lipinski definition) is 0. The second-order valence-electron chi connectivity index (χ2n) is 9.40. The zero-order valence-electron chi connectivity index (χ0n) is 15.2. The van der Waals surface area contributed by atoms with Crippen molar-refractivity contribution in [3.05, 3.63) is 41.5 Å². The smallest absolute Gasteiger partial charge is 0.0908 e. The van der Waals surface area contributed by atoms with E-state index in [1.165, 1.54) is 43.5 Å². The van der Waals surface area contributed by atoms with Crippen LogP contribution in [-0.2, 0) is 0 Å². The van der Waals surface area contributed by atoms with Gasteiger partial charge in [0.1, 0.15) is 0 Å². The molecule has 0 saturated heterocycles. The Morgan fingerprint density at radius 1 is 1.04 bits per heavy atom. The molecule has 4 aliphatic rings. The van der Waals surface area contributed by atoms with Crippen LogP contribution in [0, 0.1) is 17.3 Å². The first-order valence-corrected chi connectivity index (χ1v) is 9.65. The van der Waals surface area contributed by atoms with E-state index in [1.54, 1.807) is 11.1 Å². The molecule has 1 saturated carbocycles. The minimum absolute atomic E-state index is 0.136. The summed E-state index contributed by atoms with van der Waals surface area (Å²) < 4.78 is 0. The van der Waals surface area contributed by atoms with E-state index in [-0.39, 0.29) is 5.54 Å². The van der Waals surface area contributed by atoms with Gasteiger partial charge in [-0.1, -0.05) is 44.5 Å². The van der Waals surface area contributed by atoms with Gasteiger partial charge in [0.05, 0.1) is 16.9 Å². The van der Waals surface area contributed by atoms with E-state index in [1.807, 2.05) is 0 Å². The highest BCUT2D eigenvalue weighted by molar-refractivity contribution is 6.07. The monoisotopic (exact) mass is 320 g/mol. The van der Waals surface area contributed by atoms with Crippen molar-refractivity contribution in [2.24, 2.45) is 22.4 Å². The molecule has 126 valence electrons. The maximum atomic E-state index is 5.24. The number of hydrogen-bond acceptors (Lipinski definition) is 2. The van der Waals surface area contributed by atoms with Gasteiger partial charge in [-0.3, -0.25) is 5.01 Å². The highest BCUT2D eigenvalue weighted by atomic mass is 15.5. The summed E-state index contributed by atoms with van der Waals surface area (Å²) in [5.74, 6) is 1.52. The Balaban J connectivity index is 1.73. The van der Waals surface area contributed by atoms with Crippen molar-refractivity contribution in [3.8, 4) is 0 Å². The molecule has 2 nitrogen and oxygen atoms in total. The summed E-state index contributed by atoms with van der Waals surface area (Å²) in [4.78, 5) is 0. The summed E-state index contributed by atoms with van der Waals surface area (Å²) in [5, 5.41) is 7.68. The Morgan fingerprint density at radius 2 is 1.83 bits per heavy atom. The minimum atomic E-state index is 0.136. The van der Waals surface area contributed by atoms with Gasteiger partial charge in [-0.2, -0.15) is 5.10 Å². The van der Waals surface area contributed by atoms with Crippen molar-refractivity contribution in [2.45, 2.75) is 64.8 Å². The van der Waals surface area contributed by atoms with Gasteiger partial charge in [-0.05, 0) is 67.9 Å². The summed E-state index contributed by atoms with van der Waals surface area (Å²) in [6, 6.07) is 10.9. The van der Waals surface area contributed by atoms with Gasteiger partial charge in [0.25, 0.3) is 0 Å². The molecule has 2 bridgehead atoms. The van der Waals surface area contributed by atoms with Crippen LogP contribution in [0.2, 0.25) is 0 Å². The number of hydrazone groups is 1. The fourth-order valence-corrected chi connectivity index (χ4v) is 6.62. The normalized spacial score (nSPS) is 40.5. The Bertz CT molecular complexity index is 746. The molecule has 3 aliphatic carbocycles. The van der Waals surface area contributed by atoms with Gasteiger partial charge in [0.2, 0.25) is 0 Å². The van der Waals surface area contributed by atoms with Crippen LogP contribution in [0.1, 0.15) is 59.3 Å². The molecule has 0 aromatic heterocycles. The van der Waals surface area contributed by atoms with E-state index in [0.29, 0.717) is 5.41 Å². The highest BCUT2D eigenvalue weighted by Gasteiger charge is 2.59. The predicted octanol–water partition coefficient (Wildman–Crippen LogP) is 5.56. The first-order valence-electron chi connectivity index (χ1n) is 9.65. The topological polar surface area (TPSA) is 15.6 Å². The van der Waals surface area contributed by atoms with Crippen molar-refractivity contribution >= 4 is 11.4 Å². The largest absolute Gasteiger partial charge is 0.255 e. The average Bonchev–Trinajstić information content (AvgIpc) is 2.79. The first kappa shape index (κ1) is 14.7. The fourth-order valence-electron chi connectivity index (χ4n) is 6.62. The van der Waals surface area contributed by atoms with E-state index >= 15 is 0 Å². The standard InChI is InChI=1S/C22H28N2/c1-15-9-17-13-21(3)11-16(2)12-22(14-21)20(17)19(10-15)23-24(22)18-7-5-4-6-8-18/h4-8,15-16H,9-14H2,1-3H3/t15-,16+,21+,22-/m1/s1. The molecule has 1 aromatic carbocycles. The maximum absolute atomic E-state index is 5.24. The third kappa shape index (κ3) is 1.92. The van der Waals surface area contributed by atoms with E-state index < -0.39 is 0 Å². The second-order valence-corrected chi connectivity index (χ2v) is 9.40. The number of para-hydroxylation sites is 1. The summed E-state index contributed by atoms with van der Waals surface area (Å²) in [6.07, 6.45) is 7.67. The lowest BCUT2D eigenvalue weighted by Crippen LogP contribution is -2.56. The van der Waals surface area contributed by atoms with Crippen LogP contribution in [0.3, 0.4) is 0 Å². The zero-order valence-corrected chi connectivity index (χ0v) is 15.2. The Labute approximate surface area is 145 Å². The molecular weight excluding hydrogens is 292 g/mol. The van der Waals surface area contributed by atoms with Crippen molar-refractivity contribution in [1.29, 1.82) is 0 Å². The van der Waals surface area contributed by atoms with Gasteiger partial charge < -0.3 is 0 Å². The molecule has 24 heavy (non-hydrogen) atoms. The van der Waals surface area contributed by atoms with E-state index in [4.69, 9.17) is 5.10 Å². The van der Waals surface area contributed by atoms with Crippen molar-refractivity contribution < 1.29 is 0 Å². The zero-order chi connectivity index (χ0) is 16.5. The van der Waals surface area contributed by atoms with Crippen LogP contribution in [0.15, 0.2) is 46.6 Å². The van der Waals surface area contributed by atoms with Gasteiger partial charge in [0.15, 0.2) is 0 Å². The molecule has 0 N–H and O–H groups in total. The lowest BCUT2D eigenvalue weighted by atomic mass is 9.52. The van der Waals surface area contributed by atoms with Crippen molar-refractivity contribution in [3.63, 3.8) is 0 Å². The highest BCUT2D eigenvalue weighted by Crippen LogP contribution is 2.62. The van der Waals surface area contributed by atoms with Crippen LogP contribution in [0.4, 0.5) is 5.69 Å². The third-order valence-electron chi connectivity index (χ3n) is 6.76. The van der Waals surface area contributed by atoms with Crippen molar-refractivity contribution in [1.82, 2.24) is 0 Å². The molecule has 0 unspecified atom stereocenters. The summed E-state index contributed by atoms with van der Waals surface area (Å²) in [7, 11) is 0. The Kier molecular flexibility index (Phi) is 2.91. The molecule has 0 radical (unpaired) electrons. The van der Waals surface area contributed by atoms with Crippen LogP contribution in [-0.4, -0.2) is 11.3 Å². The van der Waals surface area contributed by atoms with Crippen LogP contribution in [0.5, 0.6) is 0 Å². The first-order chi connectivity index (χ1) is 11.5. The van der Waals surface area contributed by atoms with Gasteiger partial charge in [0, 0.05) is 5.57 Å². The van der Waals surface area contributed by atoms with E-state index in [9.17, 15) is 0 Å². The molecular formula is C22H28N2. The quantitative estimate of drug-likeness (QED) is 0.661. The lowest BCUT2D eigenvalue weighted by molar-refractivity contribution is 0.0941. The average molecular weight is 320 g/mol. The van der Waals surface area contributed by atoms with Gasteiger partial charge in [-0.25, -0.2) is 0 Å². The van der Waals surface area contributed by atoms with Gasteiger partial charge in [-0.15, -0.1) is 0 Å². The number of benzene rings is 1. The molecule has 5 rings (SSSR count). The van der Waals surface area contributed by atoms with E-state index in [2.05, 4.69) is 56.1 Å². The number of fused-ring (bicyclic) bond motifs is 1. The lowest BCUT2D eigenvalue weighted by Gasteiger charge is -2.56. The number of anilines is 1. The number of nitrogens with zero attached hydrogens (tertiary/aromatic N) is 2. The Hall–Kier alpha value is -1.57. The molecule has 1 heterocycles. The predicted molar refractivity (Wildman–Crippen MR) is 100 cm³/mol. The number of allylic oxidation sites excluding steroid dienone is 1. The molecule has 0 amide bonds. The van der Waals surface area contributed by atoms with Crippen LogP contribution >= 0.6 is 0 Å². The van der Waals surface area contributed by atoms with E-state index in [0.717, 1.165) is 18.3 Å². The Morgan fingerprint density at radius 3 is 2.62 bits per heavy atom. The molecule has 1 spiro atoms. The molecule has 1 fully saturated rings. The fraction of sp³-hybridized carbons (Fsp3) is 0.591. The molecule has 1 aromatic rings. The molecule has 2 heteroatoms. The maximum Gasteiger partial charge on any atom is 0.0908 e. The summed E-state index contributed by atoms with van der Waals surface area (Å²) in [5.41, 5.74) is 6.67. The third-order valence-corrected chi connectivity index (χ3v) is 6.76. The second kappa shape index (κ2) is 4.74. The van der Waals surface area contributed by atoms with Crippen molar-refractivity contribution in [2.75, 3.05) is 5.01 Å². The summed E-state index contributed by atoms with van der Waals surface area (Å²) in [6.45, 7) is 7.39. The van der Waals surface area contributed by atoms with Gasteiger partial charge >= 0.3 is 0 Å². The minimum Gasteiger partial charge on any atom is -0.255 e. The van der Waals surface area contributed by atoms with Crippen LogP contribution in [0.25, 0.3) is 0 Å². The van der Waals surface area contributed by atoms with Crippen LogP contribution < -0.4 is 5.01 Å². The molecule has 4 atom stereocenters.